The Bertz CT molecular complexity index is 1550. The quantitative estimate of drug-likeness (QED) is 0.126. The fourth-order valence-corrected chi connectivity index (χ4v) is 6.33. The molecule has 0 amide bonds. The Morgan fingerprint density at radius 3 is 2.22 bits per heavy atom. The molecule has 0 saturated heterocycles. The van der Waals surface area contributed by atoms with Gasteiger partial charge in [-0.2, -0.15) is 0 Å². The van der Waals surface area contributed by atoms with Crippen LogP contribution < -0.4 is 4.74 Å². The van der Waals surface area contributed by atoms with E-state index in [0.29, 0.717) is 18.6 Å². The zero-order valence-electron chi connectivity index (χ0n) is 25.9. The fourth-order valence-electron chi connectivity index (χ4n) is 6.33. The van der Waals surface area contributed by atoms with Crippen molar-refractivity contribution in [2.45, 2.75) is 70.4 Å². The molecule has 0 saturated carbocycles. The summed E-state index contributed by atoms with van der Waals surface area (Å²) in [7, 11) is 0. The minimum absolute atomic E-state index is 0.168. The highest BCUT2D eigenvalue weighted by Crippen LogP contribution is 2.35. The van der Waals surface area contributed by atoms with E-state index in [9.17, 15) is 14.7 Å². The van der Waals surface area contributed by atoms with Crippen molar-refractivity contribution in [1.29, 1.82) is 0 Å². The van der Waals surface area contributed by atoms with Gasteiger partial charge in [-0.3, -0.25) is 9.69 Å². The third-order valence-corrected chi connectivity index (χ3v) is 8.80. The number of hydrogen-bond acceptors (Lipinski definition) is 4. The van der Waals surface area contributed by atoms with Crippen LogP contribution >= 0.6 is 0 Å². The molecule has 6 nitrogen and oxygen atoms in total. The third kappa shape index (κ3) is 9.29. The predicted octanol–water partition coefficient (Wildman–Crippen LogP) is 7.93. The van der Waals surface area contributed by atoms with Crippen molar-refractivity contribution in [3.63, 3.8) is 0 Å². The Morgan fingerprint density at radius 2 is 1.47 bits per heavy atom. The Hall–Kier alpha value is -4.42. The molecule has 234 valence electrons. The van der Waals surface area contributed by atoms with Crippen molar-refractivity contribution >= 4 is 11.9 Å². The molecular weight excluding hydrogens is 562 g/mol. The standard InChI is InChI=1S/C39H43NO5/c41-38(42)15-6-7-25-40(36-13-8-12-33-27-34(39(43)44)22-23-35(33)36)26-24-32-11-4-5-14-37(32)45-28-31-20-18-30(19-21-31)17-16-29-9-2-1-3-10-29/h1-5,9-11,14,18-23,27,36H,6-8,12-13,15-17,24-26,28H2,(H,41,42)(H,43,44). The molecule has 1 aliphatic carbocycles. The first-order valence-electron chi connectivity index (χ1n) is 16.1. The van der Waals surface area contributed by atoms with Gasteiger partial charge in [-0.05, 0) is 109 Å². The maximum absolute atomic E-state index is 11.6. The highest BCUT2D eigenvalue weighted by molar-refractivity contribution is 5.88. The number of aromatic carboxylic acids is 1. The average Bonchev–Trinajstić information content (AvgIpc) is 3.07. The Kier molecular flexibility index (Phi) is 11.4. The topological polar surface area (TPSA) is 87.1 Å². The lowest BCUT2D eigenvalue weighted by Gasteiger charge is -2.36. The van der Waals surface area contributed by atoms with Crippen molar-refractivity contribution in [2.75, 3.05) is 13.1 Å². The molecule has 1 atom stereocenters. The van der Waals surface area contributed by atoms with Crippen molar-refractivity contribution in [3.8, 4) is 5.75 Å². The Morgan fingerprint density at radius 1 is 0.756 bits per heavy atom. The molecule has 0 aromatic heterocycles. The summed E-state index contributed by atoms with van der Waals surface area (Å²) in [6.45, 7) is 2.09. The van der Waals surface area contributed by atoms with Crippen LogP contribution in [0.1, 0.15) is 81.9 Å². The SMILES string of the molecule is O=C(O)CCCCN(CCc1ccccc1OCc1ccc(CCc2ccccc2)cc1)C1CCCc2cc(C(=O)O)ccc21. The summed E-state index contributed by atoms with van der Waals surface area (Å²) < 4.78 is 6.35. The van der Waals surface area contributed by atoms with Gasteiger partial charge >= 0.3 is 11.9 Å². The van der Waals surface area contributed by atoms with Gasteiger partial charge in [0.2, 0.25) is 0 Å². The number of carboxylic acids is 2. The summed E-state index contributed by atoms with van der Waals surface area (Å²) in [5.41, 5.74) is 7.57. The number of carboxylic acid groups (broad SMARTS) is 2. The lowest BCUT2D eigenvalue weighted by molar-refractivity contribution is -0.137. The number of carbonyl (C=O) groups is 2. The van der Waals surface area contributed by atoms with E-state index in [1.165, 1.54) is 16.7 Å². The van der Waals surface area contributed by atoms with Crippen LogP contribution in [0.15, 0.2) is 97.1 Å². The van der Waals surface area contributed by atoms with Crippen LogP contribution in [0.5, 0.6) is 5.75 Å². The van der Waals surface area contributed by atoms with E-state index in [4.69, 9.17) is 9.84 Å². The highest BCUT2D eigenvalue weighted by Gasteiger charge is 2.26. The smallest absolute Gasteiger partial charge is 0.335 e. The second kappa shape index (κ2) is 16.1. The van der Waals surface area contributed by atoms with Gasteiger partial charge in [0.25, 0.3) is 0 Å². The van der Waals surface area contributed by atoms with Crippen LogP contribution in [-0.2, 0) is 37.1 Å². The number of ether oxygens (including phenoxy) is 1. The van der Waals surface area contributed by atoms with E-state index in [1.54, 1.807) is 6.07 Å². The fraction of sp³-hybridized carbons (Fsp3) is 0.333. The van der Waals surface area contributed by atoms with E-state index in [0.717, 1.165) is 80.5 Å². The summed E-state index contributed by atoms with van der Waals surface area (Å²) in [6, 6.07) is 33.1. The molecule has 0 heterocycles. The third-order valence-electron chi connectivity index (χ3n) is 8.80. The molecule has 6 heteroatoms. The van der Waals surface area contributed by atoms with Crippen molar-refractivity contribution in [1.82, 2.24) is 4.90 Å². The van der Waals surface area contributed by atoms with Crippen molar-refractivity contribution in [2.24, 2.45) is 0 Å². The largest absolute Gasteiger partial charge is 0.489 e. The van der Waals surface area contributed by atoms with Crippen LogP contribution in [0.25, 0.3) is 0 Å². The summed E-state index contributed by atoms with van der Waals surface area (Å²) in [5, 5.41) is 18.7. The lowest BCUT2D eigenvalue weighted by atomic mass is 9.85. The Balaban J connectivity index is 1.22. The number of benzene rings is 4. The van der Waals surface area contributed by atoms with E-state index < -0.39 is 11.9 Å². The number of unbranched alkanes of at least 4 members (excludes halogenated alkanes) is 1. The molecule has 0 aliphatic heterocycles. The molecule has 4 aromatic rings. The molecule has 0 radical (unpaired) electrons. The first-order valence-corrected chi connectivity index (χ1v) is 16.1. The number of para-hydroxylation sites is 1. The highest BCUT2D eigenvalue weighted by atomic mass is 16.5. The molecule has 4 aromatic carbocycles. The second-order valence-electron chi connectivity index (χ2n) is 12.0. The molecule has 1 aliphatic rings. The van der Waals surface area contributed by atoms with E-state index >= 15 is 0 Å². The molecular formula is C39H43NO5. The summed E-state index contributed by atoms with van der Waals surface area (Å²) >= 11 is 0. The van der Waals surface area contributed by atoms with E-state index in [1.807, 2.05) is 36.4 Å². The lowest BCUT2D eigenvalue weighted by Crippen LogP contribution is -2.34. The first-order chi connectivity index (χ1) is 22.0. The van der Waals surface area contributed by atoms with Crippen LogP contribution in [-0.4, -0.2) is 40.1 Å². The summed E-state index contributed by atoms with van der Waals surface area (Å²) in [5.74, 6) is -0.786. The maximum Gasteiger partial charge on any atom is 0.335 e. The second-order valence-corrected chi connectivity index (χ2v) is 12.0. The minimum Gasteiger partial charge on any atom is -0.489 e. The van der Waals surface area contributed by atoms with Gasteiger partial charge in [-0.25, -0.2) is 4.79 Å². The zero-order valence-corrected chi connectivity index (χ0v) is 25.9. The van der Waals surface area contributed by atoms with Crippen LogP contribution in [0.4, 0.5) is 0 Å². The van der Waals surface area contributed by atoms with Gasteiger partial charge in [-0.1, -0.05) is 78.9 Å². The van der Waals surface area contributed by atoms with Gasteiger partial charge in [0, 0.05) is 19.0 Å². The van der Waals surface area contributed by atoms with E-state index in [-0.39, 0.29) is 12.5 Å². The first kappa shape index (κ1) is 32.0. The van der Waals surface area contributed by atoms with Crippen LogP contribution in [0.3, 0.4) is 0 Å². The molecule has 1 unspecified atom stereocenters. The average molecular weight is 606 g/mol. The van der Waals surface area contributed by atoms with Gasteiger partial charge in [-0.15, -0.1) is 0 Å². The monoisotopic (exact) mass is 605 g/mol. The van der Waals surface area contributed by atoms with Gasteiger partial charge in [0.1, 0.15) is 12.4 Å². The van der Waals surface area contributed by atoms with Crippen molar-refractivity contribution < 1.29 is 24.5 Å². The Labute approximate surface area is 266 Å². The summed E-state index contributed by atoms with van der Waals surface area (Å²) in [6.07, 6.45) is 7.30. The van der Waals surface area contributed by atoms with Crippen molar-refractivity contribution in [3.05, 3.63) is 136 Å². The number of nitrogens with zero attached hydrogens (tertiary/aromatic N) is 1. The number of hydrogen-bond donors (Lipinski definition) is 2. The molecule has 0 fully saturated rings. The molecule has 5 rings (SSSR count). The van der Waals surface area contributed by atoms with Gasteiger partial charge in [0.15, 0.2) is 0 Å². The summed E-state index contributed by atoms with van der Waals surface area (Å²) in [4.78, 5) is 25.2. The van der Waals surface area contributed by atoms with Gasteiger partial charge < -0.3 is 14.9 Å². The zero-order chi connectivity index (χ0) is 31.4. The molecule has 0 bridgehead atoms. The molecule has 2 N–H and O–H groups in total. The normalized spacial score (nSPS) is 14.2. The molecule has 45 heavy (non-hydrogen) atoms. The number of aliphatic carboxylic acids is 1. The van der Waals surface area contributed by atoms with E-state index in [2.05, 4.69) is 59.5 Å². The number of fused-ring (bicyclic) bond motifs is 1. The minimum atomic E-state index is -0.902. The maximum atomic E-state index is 11.6. The predicted molar refractivity (Wildman–Crippen MR) is 177 cm³/mol. The van der Waals surface area contributed by atoms with Crippen LogP contribution in [0, 0.1) is 0 Å². The van der Waals surface area contributed by atoms with Crippen LogP contribution in [0.2, 0.25) is 0 Å². The number of rotatable bonds is 16. The molecule has 0 spiro atoms. The van der Waals surface area contributed by atoms with Gasteiger partial charge in [0.05, 0.1) is 5.56 Å². The number of aryl methyl sites for hydroxylation is 3.